The Morgan fingerprint density at radius 3 is 2.74 bits per heavy atom. The second kappa shape index (κ2) is 7.59. The highest BCUT2D eigenvalue weighted by Gasteiger charge is 2.10. The maximum Gasteiger partial charge on any atom is 0.271 e. The molecule has 0 saturated carbocycles. The van der Waals surface area contributed by atoms with Crippen LogP contribution in [0.15, 0.2) is 17.5 Å². The van der Waals surface area contributed by atoms with Gasteiger partial charge in [0.25, 0.3) is 5.91 Å². The van der Waals surface area contributed by atoms with Gasteiger partial charge in [0.15, 0.2) is 0 Å². The van der Waals surface area contributed by atoms with Gasteiger partial charge in [0.1, 0.15) is 10.7 Å². The van der Waals surface area contributed by atoms with Crippen LogP contribution in [0.5, 0.6) is 0 Å². The maximum absolute atomic E-state index is 11.8. The largest absolute Gasteiger partial charge is 0.346 e. The lowest BCUT2D eigenvalue weighted by molar-refractivity contribution is 0.0947. The number of nitrogens with one attached hydrogen (secondary N) is 1. The van der Waals surface area contributed by atoms with Crippen molar-refractivity contribution in [1.82, 2.24) is 10.3 Å². The van der Waals surface area contributed by atoms with E-state index in [1.807, 2.05) is 0 Å². The second-order valence-corrected chi connectivity index (χ2v) is 5.93. The molecule has 1 amide bonds. The first-order chi connectivity index (χ1) is 8.72. The first-order valence-electron chi connectivity index (χ1n) is 5.73. The molecule has 0 spiro atoms. The van der Waals surface area contributed by atoms with Crippen LogP contribution in [-0.2, 0) is 19.5 Å². The smallest absolute Gasteiger partial charge is 0.271 e. The van der Waals surface area contributed by atoms with Gasteiger partial charge in [0.05, 0.1) is 6.54 Å². The Balaban J connectivity index is 0.00000180. The van der Waals surface area contributed by atoms with Gasteiger partial charge in [-0.25, -0.2) is 4.98 Å². The molecule has 0 aliphatic heterocycles. The van der Waals surface area contributed by atoms with Gasteiger partial charge >= 0.3 is 0 Å². The minimum absolute atomic E-state index is 0. The van der Waals surface area contributed by atoms with Gasteiger partial charge < -0.3 is 11.1 Å². The van der Waals surface area contributed by atoms with Crippen molar-refractivity contribution in [2.75, 3.05) is 0 Å². The lowest BCUT2D eigenvalue weighted by Crippen LogP contribution is -2.22. The van der Waals surface area contributed by atoms with Crippen molar-refractivity contribution in [2.24, 2.45) is 5.73 Å². The predicted octanol–water partition coefficient (Wildman–Crippen LogP) is 2.58. The Bertz CT molecular complexity index is 539. The SMILES string of the molecule is CCc1ccc(CNC(=O)c2csc(CN)n2)s1.Cl. The van der Waals surface area contributed by atoms with Crippen molar-refractivity contribution >= 4 is 41.0 Å². The number of hydrogen-bond donors (Lipinski definition) is 2. The Labute approximate surface area is 126 Å². The van der Waals surface area contributed by atoms with Gasteiger partial charge in [-0.1, -0.05) is 6.92 Å². The third-order valence-corrected chi connectivity index (χ3v) is 4.55. The van der Waals surface area contributed by atoms with E-state index in [1.165, 1.54) is 16.2 Å². The van der Waals surface area contributed by atoms with Crippen LogP contribution >= 0.6 is 35.1 Å². The minimum atomic E-state index is -0.141. The molecule has 0 radical (unpaired) electrons. The molecule has 2 aromatic rings. The number of nitrogens with two attached hydrogens (primary N) is 1. The van der Waals surface area contributed by atoms with E-state index < -0.39 is 0 Å². The van der Waals surface area contributed by atoms with Crippen LogP contribution in [-0.4, -0.2) is 10.9 Å². The van der Waals surface area contributed by atoms with Gasteiger partial charge in [-0.2, -0.15) is 0 Å². The van der Waals surface area contributed by atoms with Crippen LogP contribution in [0.4, 0.5) is 0 Å². The number of nitrogens with zero attached hydrogens (tertiary/aromatic N) is 1. The van der Waals surface area contributed by atoms with Crippen LogP contribution in [0.1, 0.15) is 32.2 Å². The molecule has 2 heterocycles. The molecule has 0 aliphatic carbocycles. The minimum Gasteiger partial charge on any atom is -0.346 e. The topological polar surface area (TPSA) is 68.0 Å². The fraction of sp³-hybridized carbons (Fsp3) is 0.333. The molecule has 0 bridgehead atoms. The van der Waals surface area contributed by atoms with Gasteiger partial charge in [-0.05, 0) is 18.6 Å². The molecule has 0 aromatic carbocycles. The summed E-state index contributed by atoms with van der Waals surface area (Å²) in [5.41, 5.74) is 5.92. The number of thiophene rings is 1. The average molecular weight is 318 g/mol. The normalized spacial score (nSPS) is 10.0. The standard InChI is InChI=1S/C12H15N3OS2.ClH/c1-2-8-3-4-9(18-8)6-14-12(16)10-7-17-11(5-13)15-10;/h3-4,7H,2,5-6,13H2,1H3,(H,14,16);1H. The summed E-state index contributed by atoms with van der Waals surface area (Å²) in [5, 5.41) is 5.39. The third kappa shape index (κ3) is 4.28. The van der Waals surface area contributed by atoms with Crippen LogP contribution in [0, 0.1) is 0 Å². The van der Waals surface area contributed by atoms with Crippen LogP contribution in [0.2, 0.25) is 0 Å². The molecular formula is C12H16ClN3OS2. The van der Waals surface area contributed by atoms with Gasteiger partial charge in [0.2, 0.25) is 0 Å². The fourth-order valence-corrected chi connectivity index (χ4v) is 3.03. The van der Waals surface area contributed by atoms with Gasteiger partial charge in [-0.3, -0.25) is 4.79 Å². The Morgan fingerprint density at radius 2 is 2.16 bits per heavy atom. The van der Waals surface area contributed by atoms with E-state index in [0.29, 0.717) is 18.8 Å². The van der Waals surface area contributed by atoms with E-state index in [2.05, 4.69) is 29.4 Å². The van der Waals surface area contributed by atoms with E-state index in [9.17, 15) is 4.79 Å². The number of aryl methyl sites for hydroxylation is 1. The van der Waals surface area contributed by atoms with Crippen LogP contribution in [0.25, 0.3) is 0 Å². The molecule has 4 nitrogen and oxygen atoms in total. The summed E-state index contributed by atoms with van der Waals surface area (Å²) in [5.74, 6) is -0.141. The van der Waals surface area contributed by atoms with E-state index in [-0.39, 0.29) is 18.3 Å². The number of aromatic nitrogens is 1. The van der Waals surface area contributed by atoms with Gasteiger partial charge in [-0.15, -0.1) is 35.1 Å². The number of hydrogen-bond acceptors (Lipinski definition) is 5. The molecule has 104 valence electrons. The predicted molar refractivity (Wildman–Crippen MR) is 82.1 cm³/mol. The van der Waals surface area contributed by atoms with Crippen molar-refractivity contribution in [3.05, 3.63) is 38.0 Å². The fourth-order valence-electron chi connectivity index (χ4n) is 1.47. The molecule has 0 fully saturated rings. The first kappa shape index (κ1) is 16.1. The van der Waals surface area contributed by atoms with Crippen molar-refractivity contribution in [1.29, 1.82) is 0 Å². The van der Waals surface area contributed by atoms with E-state index in [4.69, 9.17) is 5.73 Å². The highest BCUT2D eigenvalue weighted by Crippen LogP contribution is 2.16. The molecule has 0 saturated heterocycles. The highest BCUT2D eigenvalue weighted by atomic mass is 35.5. The third-order valence-electron chi connectivity index (χ3n) is 2.45. The molecule has 2 aromatic heterocycles. The number of rotatable bonds is 5. The number of halogens is 1. The number of carbonyl (C=O) groups is 1. The summed E-state index contributed by atoms with van der Waals surface area (Å²) in [6.07, 6.45) is 1.03. The molecule has 19 heavy (non-hydrogen) atoms. The number of thiazole rings is 1. The molecule has 0 atom stereocenters. The van der Waals surface area contributed by atoms with Crippen molar-refractivity contribution < 1.29 is 4.79 Å². The van der Waals surface area contributed by atoms with E-state index in [1.54, 1.807) is 16.7 Å². The summed E-state index contributed by atoms with van der Waals surface area (Å²) in [7, 11) is 0. The average Bonchev–Trinajstić information content (AvgIpc) is 3.04. The summed E-state index contributed by atoms with van der Waals surface area (Å²) in [6, 6.07) is 4.15. The highest BCUT2D eigenvalue weighted by molar-refractivity contribution is 7.12. The Hall–Kier alpha value is -0.950. The molecule has 2 rings (SSSR count). The van der Waals surface area contributed by atoms with Crippen molar-refractivity contribution in [3.8, 4) is 0 Å². The quantitative estimate of drug-likeness (QED) is 0.890. The van der Waals surface area contributed by atoms with E-state index in [0.717, 1.165) is 16.3 Å². The van der Waals surface area contributed by atoms with E-state index >= 15 is 0 Å². The molecular weight excluding hydrogens is 302 g/mol. The molecule has 0 aliphatic rings. The zero-order valence-corrected chi connectivity index (χ0v) is 13.0. The van der Waals surface area contributed by atoms with Crippen LogP contribution < -0.4 is 11.1 Å². The first-order valence-corrected chi connectivity index (χ1v) is 7.42. The monoisotopic (exact) mass is 317 g/mol. The molecule has 7 heteroatoms. The van der Waals surface area contributed by atoms with Crippen molar-refractivity contribution in [3.63, 3.8) is 0 Å². The maximum atomic E-state index is 11.8. The second-order valence-electron chi connectivity index (χ2n) is 3.73. The summed E-state index contributed by atoms with van der Waals surface area (Å²) >= 11 is 3.14. The van der Waals surface area contributed by atoms with Crippen LogP contribution in [0.3, 0.4) is 0 Å². The van der Waals surface area contributed by atoms with Crippen molar-refractivity contribution in [2.45, 2.75) is 26.4 Å². The summed E-state index contributed by atoms with van der Waals surface area (Å²) < 4.78 is 0. The zero-order valence-electron chi connectivity index (χ0n) is 10.5. The zero-order chi connectivity index (χ0) is 13.0. The summed E-state index contributed by atoms with van der Waals surface area (Å²) in [4.78, 5) is 18.5. The lowest BCUT2D eigenvalue weighted by Gasteiger charge is -2.00. The lowest BCUT2D eigenvalue weighted by atomic mass is 10.3. The Kier molecular flexibility index (Phi) is 6.44. The number of carbonyl (C=O) groups excluding carboxylic acids is 1. The van der Waals surface area contributed by atoms with Gasteiger partial charge in [0, 0.05) is 21.7 Å². The Morgan fingerprint density at radius 1 is 1.42 bits per heavy atom. The number of amides is 1. The molecule has 3 N–H and O–H groups in total. The molecule has 0 unspecified atom stereocenters. The summed E-state index contributed by atoms with van der Waals surface area (Å²) in [6.45, 7) is 3.06.